The number of benzene rings is 2. The van der Waals surface area contributed by atoms with Crippen LogP contribution in [0.15, 0.2) is 71.3 Å². The molecule has 0 saturated carbocycles. The first-order valence-electron chi connectivity index (χ1n) is 9.32. The van der Waals surface area contributed by atoms with Gasteiger partial charge in [-0.05, 0) is 31.7 Å². The minimum absolute atomic E-state index is 0.0611. The van der Waals surface area contributed by atoms with E-state index in [2.05, 4.69) is 10.5 Å². The topological polar surface area (TPSA) is 78.7 Å². The smallest absolute Gasteiger partial charge is 0.241 e. The first-order valence-corrected chi connectivity index (χ1v) is 9.32. The van der Waals surface area contributed by atoms with Gasteiger partial charge in [-0.15, -0.1) is 0 Å². The number of carbonyl (C=O) groups excluding carboxylic acids is 2. The molecule has 2 amide bonds. The zero-order valence-corrected chi connectivity index (χ0v) is 16.5. The SMILES string of the molecule is Cc1cc(NC(=O)CN(C)CC(=O)N(Cc2ccccc2)c2ccccc2)no1. The van der Waals surface area contributed by atoms with Crippen LogP contribution < -0.4 is 10.2 Å². The first kappa shape index (κ1) is 20.3. The lowest BCUT2D eigenvalue weighted by Crippen LogP contribution is -2.41. The minimum atomic E-state index is -0.261. The molecule has 29 heavy (non-hydrogen) atoms. The van der Waals surface area contributed by atoms with E-state index in [1.54, 1.807) is 29.8 Å². The first-order chi connectivity index (χ1) is 14.0. The number of nitrogens with zero attached hydrogens (tertiary/aromatic N) is 3. The maximum absolute atomic E-state index is 13.0. The molecule has 3 aromatic rings. The Morgan fingerprint density at radius 1 is 1.00 bits per heavy atom. The predicted molar refractivity (Wildman–Crippen MR) is 111 cm³/mol. The predicted octanol–water partition coefficient (Wildman–Crippen LogP) is 3.09. The van der Waals surface area contributed by atoms with Crippen molar-refractivity contribution in [1.82, 2.24) is 10.1 Å². The van der Waals surface area contributed by atoms with Gasteiger partial charge >= 0.3 is 0 Å². The summed E-state index contributed by atoms with van der Waals surface area (Å²) < 4.78 is 4.93. The molecule has 0 aliphatic heterocycles. The van der Waals surface area contributed by atoms with Crippen molar-refractivity contribution in [2.45, 2.75) is 13.5 Å². The maximum atomic E-state index is 13.0. The number of amides is 2. The van der Waals surface area contributed by atoms with Gasteiger partial charge in [0.2, 0.25) is 11.8 Å². The van der Waals surface area contributed by atoms with Crippen LogP contribution in [0.4, 0.5) is 11.5 Å². The number of likely N-dealkylation sites (N-methyl/N-ethyl adjacent to an activating group) is 1. The molecule has 7 heteroatoms. The number of nitrogens with one attached hydrogen (secondary N) is 1. The third-order valence-electron chi connectivity index (χ3n) is 4.27. The summed E-state index contributed by atoms with van der Waals surface area (Å²) in [5.41, 5.74) is 1.85. The van der Waals surface area contributed by atoms with E-state index in [1.165, 1.54) is 0 Å². The Morgan fingerprint density at radius 2 is 1.66 bits per heavy atom. The second-order valence-corrected chi connectivity index (χ2v) is 6.84. The van der Waals surface area contributed by atoms with E-state index in [9.17, 15) is 9.59 Å². The molecule has 0 spiro atoms. The Labute approximate surface area is 169 Å². The number of anilines is 2. The van der Waals surface area contributed by atoms with Gasteiger partial charge < -0.3 is 14.7 Å². The number of rotatable bonds is 8. The number of hydrogen-bond acceptors (Lipinski definition) is 5. The Kier molecular flexibility index (Phi) is 6.76. The summed E-state index contributed by atoms with van der Waals surface area (Å²) in [6, 6.07) is 21.0. The molecule has 150 valence electrons. The minimum Gasteiger partial charge on any atom is -0.360 e. The van der Waals surface area contributed by atoms with E-state index in [0.717, 1.165) is 11.3 Å². The molecule has 1 heterocycles. The van der Waals surface area contributed by atoms with Gasteiger partial charge in [0.1, 0.15) is 5.76 Å². The van der Waals surface area contributed by atoms with E-state index < -0.39 is 0 Å². The summed E-state index contributed by atoms with van der Waals surface area (Å²) in [7, 11) is 1.73. The average molecular weight is 392 g/mol. The molecular formula is C22H24N4O3. The molecular weight excluding hydrogens is 368 g/mol. The van der Waals surface area contributed by atoms with Crippen molar-refractivity contribution >= 4 is 23.3 Å². The Bertz CT molecular complexity index is 941. The van der Waals surface area contributed by atoms with Gasteiger partial charge in [-0.25, -0.2) is 0 Å². The summed E-state index contributed by atoms with van der Waals surface area (Å²) in [4.78, 5) is 28.6. The maximum Gasteiger partial charge on any atom is 0.241 e. The summed E-state index contributed by atoms with van der Waals surface area (Å²) >= 11 is 0. The number of aromatic nitrogens is 1. The fourth-order valence-electron chi connectivity index (χ4n) is 2.92. The molecule has 0 unspecified atom stereocenters. The Balaban J connectivity index is 1.63. The lowest BCUT2D eigenvalue weighted by Gasteiger charge is -2.25. The van der Waals surface area contributed by atoms with Crippen LogP contribution >= 0.6 is 0 Å². The van der Waals surface area contributed by atoms with Crippen molar-refractivity contribution in [3.63, 3.8) is 0 Å². The van der Waals surface area contributed by atoms with Crippen LogP contribution in [0, 0.1) is 6.92 Å². The molecule has 0 bridgehead atoms. The third kappa shape index (κ3) is 6.02. The molecule has 7 nitrogen and oxygen atoms in total. The van der Waals surface area contributed by atoms with Crippen molar-refractivity contribution in [2.24, 2.45) is 0 Å². The van der Waals surface area contributed by atoms with Gasteiger partial charge in [-0.3, -0.25) is 14.5 Å². The number of para-hydroxylation sites is 1. The van der Waals surface area contributed by atoms with Crippen molar-refractivity contribution in [2.75, 3.05) is 30.4 Å². The summed E-state index contributed by atoms with van der Waals surface area (Å²) in [5.74, 6) is 0.626. The largest absolute Gasteiger partial charge is 0.360 e. The van der Waals surface area contributed by atoms with E-state index in [4.69, 9.17) is 4.52 Å². The molecule has 0 radical (unpaired) electrons. The van der Waals surface area contributed by atoms with Gasteiger partial charge in [-0.1, -0.05) is 53.7 Å². The highest BCUT2D eigenvalue weighted by molar-refractivity contribution is 5.96. The van der Waals surface area contributed by atoms with Crippen molar-refractivity contribution in [1.29, 1.82) is 0 Å². The molecule has 0 atom stereocenters. The molecule has 1 aromatic heterocycles. The molecule has 0 aliphatic rings. The standard InChI is InChI=1S/C22H24N4O3/c1-17-13-20(24-29-17)23-21(27)15-25(2)16-22(28)26(19-11-7-4-8-12-19)14-18-9-5-3-6-10-18/h3-13H,14-16H2,1-2H3,(H,23,24,27). The van der Waals surface area contributed by atoms with E-state index >= 15 is 0 Å². The zero-order valence-electron chi connectivity index (χ0n) is 16.5. The van der Waals surface area contributed by atoms with Gasteiger partial charge in [0, 0.05) is 11.8 Å². The molecule has 2 aromatic carbocycles. The van der Waals surface area contributed by atoms with Crippen LogP contribution in [-0.4, -0.2) is 42.0 Å². The summed E-state index contributed by atoms with van der Waals surface area (Å²) in [6.07, 6.45) is 0. The monoisotopic (exact) mass is 392 g/mol. The average Bonchev–Trinajstić information content (AvgIpc) is 3.11. The highest BCUT2D eigenvalue weighted by Gasteiger charge is 2.19. The van der Waals surface area contributed by atoms with Crippen LogP contribution in [0.25, 0.3) is 0 Å². The summed E-state index contributed by atoms with van der Waals surface area (Å²) in [5, 5.41) is 6.40. The van der Waals surface area contributed by atoms with Crippen molar-refractivity contribution in [3.8, 4) is 0 Å². The second-order valence-electron chi connectivity index (χ2n) is 6.84. The van der Waals surface area contributed by atoms with Gasteiger partial charge in [-0.2, -0.15) is 0 Å². The quantitative estimate of drug-likeness (QED) is 0.637. The lowest BCUT2D eigenvalue weighted by molar-refractivity contribution is -0.121. The fourth-order valence-corrected chi connectivity index (χ4v) is 2.92. The normalized spacial score (nSPS) is 10.7. The van der Waals surface area contributed by atoms with Crippen LogP contribution in [0.3, 0.4) is 0 Å². The lowest BCUT2D eigenvalue weighted by atomic mass is 10.2. The van der Waals surface area contributed by atoms with Crippen LogP contribution in [0.5, 0.6) is 0 Å². The van der Waals surface area contributed by atoms with E-state index in [-0.39, 0.29) is 24.9 Å². The van der Waals surface area contributed by atoms with Crippen molar-refractivity contribution in [3.05, 3.63) is 78.1 Å². The van der Waals surface area contributed by atoms with Gasteiger partial charge in [0.05, 0.1) is 19.6 Å². The fraction of sp³-hybridized carbons (Fsp3) is 0.227. The summed E-state index contributed by atoms with van der Waals surface area (Å²) in [6.45, 7) is 2.37. The molecule has 3 rings (SSSR count). The van der Waals surface area contributed by atoms with E-state index in [0.29, 0.717) is 18.1 Å². The number of carbonyl (C=O) groups is 2. The number of hydrogen-bond donors (Lipinski definition) is 1. The highest BCUT2D eigenvalue weighted by Crippen LogP contribution is 2.17. The van der Waals surface area contributed by atoms with Crippen LogP contribution in [-0.2, 0) is 16.1 Å². The van der Waals surface area contributed by atoms with Gasteiger partial charge in [0.15, 0.2) is 5.82 Å². The zero-order chi connectivity index (χ0) is 20.6. The van der Waals surface area contributed by atoms with E-state index in [1.807, 2.05) is 60.7 Å². The van der Waals surface area contributed by atoms with Gasteiger partial charge in [0.25, 0.3) is 0 Å². The molecule has 0 aliphatic carbocycles. The third-order valence-corrected chi connectivity index (χ3v) is 4.27. The second kappa shape index (κ2) is 9.66. The molecule has 0 fully saturated rings. The van der Waals surface area contributed by atoms with Crippen LogP contribution in [0.2, 0.25) is 0 Å². The number of aryl methyl sites for hydroxylation is 1. The molecule has 1 N–H and O–H groups in total. The molecule has 0 saturated heterocycles. The van der Waals surface area contributed by atoms with Crippen LogP contribution in [0.1, 0.15) is 11.3 Å². The Hall–Kier alpha value is -3.45. The van der Waals surface area contributed by atoms with Crippen molar-refractivity contribution < 1.29 is 14.1 Å². The Morgan fingerprint density at radius 3 is 2.28 bits per heavy atom. The highest BCUT2D eigenvalue weighted by atomic mass is 16.5.